The van der Waals surface area contributed by atoms with E-state index in [1.807, 2.05) is 26.0 Å². The van der Waals surface area contributed by atoms with Crippen molar-refractivity contribution in [2.24, 2.45) is 5.92 Å². The molecule has 2 heterocycles. The number of hydrogen-bond acceptors (Lipinski definition) is 2. The molecule has 3 rings (SSSR count). The zero-order valence-electron chi connectivity index (χ0n) is 15.1. The summed E-state index contributed by atoms with van der Waals surface area (Å²) in [4.78, 5) is 0. The Balaban J connectivity index is 2.01. The number of halogens is 3. The van der Waals surface area contributed by atoms with Crippen molar-refractivity contribution in [2.75, 3.05) is 6.61 Å². The van der Waals surface area contributed by atoms with Crippen molar-refractivity contribution in [3.63, 3.8) is 0 Å². The van der Waals surface area contributed by atoms with Gasteiger partial charge in [0.05, 0.1) is 12.1 Å². The molecule has 5 heteroatoms. The van der Waals surface area contributed by atoms with Gasteiger partial charge in [0.15, 0.2) is 11.6 Å². The van der Waals surface area contributed by atoms with Gasteiger partial charge in [-0.15, -0.1) is 0 Å². The lowest BCUT2D eigenvalue weighted by molar-refractivity contribution is -0.0233. The standard InChI is InChI=1S/C21H24F3NO/c1-4-12(2)7-8-19-13(3)21-14(6-5-9-26-21)20(25-19)15-10-17(23)18(24)11-16(15)22/h7-8,10-11,14,20-21,25H,2,4-6,9H2,1,3H3/b8-7-. The molecule has 3 atom stereocenters. The predicted molar refractivity (Wildman–Crippen MR) is 95.9 cm³/mol. The smallest absolute Gasteiger partial charge is 0.161 e. The number of rotatable bonds is 4. The van der Waals surface area contributed by atoms with Crippen LogP contribution in [-0.4, -0.2) is 12.7 Å². The van der Waals surface area contributed by atoms with Crippen molar-refractivity contribution in [2.45, 2.75) is 45.3 Å². The molecule has 0 aromatic heterocycles. The van der Waals surface area contributed by atoms with Crippen LogP contribution in [0.2, 0.25) is 0 Å². The Bertz CT molecular complexity index is 769. The number of allylic oxidation sites excluding steroid dienone is 3. The van der Waals surface area contributed by atoms with E-state index in [1.165, 1.54) is 0 Å². The van der Waals surface area contributed by atoms with Gasteiger partial charge >= 0.3 is 0 Å². The molecule has 0 amide bonds. The SMILES string of the molecule is C=C(/C=C\C1=C(C)C2OCCCC2C(c2cc(F)c(F)cc2F)N1)CC. The van der Waals surface area contributed by atoms with Gasteiger partial charge in [0, 0.05) is 29.9 Å². The first-order valence-corrected chi connectivity index (χ1v) is 9.01. The first-order chi connectivity index (χ1) is 12.4. The third-order valence-corrected chi connectivity index (χ3v) is 5.27. The summed E-state index contributed by atoms with van der Waals surface area (Å²) in [6, 6.07) is 1.10. The quantitative estimate of drug-likeness (QED) is 0.576. The molecule has 0 saturated carbocycles. The first kappa shape index (κ1) is 18.8. The van der Waals surface area contributed by atoms with Crippen molar-refractivity contribution in [1.29, 1.82) is 0 Å². The Morgan fingerprint density at radius 3 is 2.73 bits per heavy atom. The first-order valence-electron chi connectivity index (χ1n) is 9.01. The van der Waals surface area contributed by atoms with Gasteiger partial charge in [-0.2, -0.15) is 0 Å². The van der Waals surface area contributed by atoms with Crippen LogP contribution in [0.25, 0.3) is 0 Å². The molecular weight excluding hydrogens is 339 g/mol. The van der Waals surface area contributed by atoms with Crippen LogP contribution >= 0.6 is 0 Å². The van der Waals surface area contributed by atoms with Crippen LogP contribution in [0.4, 0.5) is 13.2 Å². The summed E-state index contributed by atoms with van der Waals surface area (Å²) in [5.74, 6) is -3.00. The van der Waals surface area contributed by atoms with Crippen molar-refractivity contribution in [3.05, 3.63) is 70.7 Å². The number of nitrogens with one attached hydrogen (secondary N) is 1. The molecule has 2 nitrogen and oxygen atoms in total. The van der Waals surface area contributed by atoms with E-state index in [-0.39, 0.29) is 17.6 Å². The lowest BCUT2D eigenvalue weighted by atomic mass is 9.77. The summed E-state index contributed by atoms with van der Waals surface area (Å²) in [6.45, 7) is 8.60. The van der Waals surface area contributed by atoms with Crippen LogP contribution in [-0.2, 0) is 4.74 Å². The molecule has 140 valence electrons. The van der Waals surface area contributed by atoms with E-state index >= 15 is 0 Å². The van der Waals surface area contributed by atoms with Crippen LogP contribution in [0.1, 0.15) is 44.7 Å². The highest BCUT2D eigenvalue weighted by Crippen LogP contribution is 2.41. The molecule has 2 aliphatic rings. The Morgan fingerprint density at radius 1 is 1.27 bits per heavy atom. The second kappa shape index (κ2) is 7.70. The third kappa shape index (κ3) is 3.58. The van der Waals surface area contributed by atoms with Crippen LogP contribution in [0.15, 0.2) is 47.7 Å². The highest BCUT2D eigenvalue weighted by Gasteiger charge is 2.40. The lowest BCUT2D eigenvalue weighted by Crippen LogP contribution is -2.45. The maximum absolute atomic E-state index is 14.4. The van der Waals surface area contributed by atoms with E-state index in [0.717, 1.165) is 42.2 Å². The highest BCUT2D eigenvalue weighted by molar-refractivity contribution is 5.37. The van der Waals surface area contributed by atoms with Gasteiger partial charge in [0.1, 0.15) is 5.82 Å². The summed E-state index contributed by atoms with van der Waals surface area (Å²) in [5, 5.41) is 3.33. The molecule has 1 fully saturated rings. The normalized spacial score (nSPS) is 26.0. The van der Waals surface area contributed by atoms with E-state index in [1.54, 1.807) is 0 Å². The molecule has 0 radical (unpaired) electrons. The summed E-state index contributed by atoms with van der Waals surface area (Å²) >= 11 is 0. The van der Waals surface area contributed by atoms with Crippen molar-refractivity contribution in [1.82, 2.24) is 5.32 Å². The van der Waals surface area contributed by atoms with Crippen LogP contribution in [0, 0.1) is 23.4 Å². The molecule has 1 aromatic rings. The molecule has 0 aliphatic carbocycles. The van der Waals surface area contributed by atoms with Gasteiger partial charge in [0.2, 0.25) is 0 Å². The topological polar surface area (TPSA) is 21.3 Å². The molecule has 1 N–H and O–H groups in total. The van der Waals surface area contributed by atoms with Crippen molar-refractivity contribution >= 4 is 0 Å². The van der Waals surface area contributed by atoms with E-state index < -0.39 is 23.5 Å². The maximum Gasteiger partial charge on any atom is 0.161 e. The predicted octanol–water partition coefficient (Wildman–Crippen LogP) is 5.34. The number of ether oxygens (including phenoxy) is 1. The molecule has 26 heavy (non-hydrogen) atoms. The number of hydrogen-bond donors (Lipinski definition) is 1. The fourth-order valence-electron chi connectivity index (χ4n) is 3.72. The minimum Gasteiger partial charge on any atom is -0.378 e. The fourth-order valence-corrected chi connectivity index (χ4v) is 3.72. The number of benzene rings is 1. The molecule has 0 spiro atoms. The van der Waals surface area contributed by atoms with Gasteiger partial charge in [-0.3, -0.25) is 0 Å². The van der Waals surface area contributed by atoms with Gasteiger partial charge in [0.25, 0.3) is 0 Å². The average Bonchev–Trinajstić information content (AvgIpc) is 2.64. The van der Waals surface area contributed by atoms with Gasteiger partial charge in [-0.05, 0) is 43.9 Å². The monoisotopic (exact) mass is 363 g/mol. The van der Waals surface area contributed by atoms with Crippen molar-refractivity contribution < 1.29 is 17.9 Å². The molecule has 1 aromatic carbocycles. The van der Waals surface area contributed by atoms with Gasteiger partial charge in [-0.1, -0.05) is 25.2 Å². The molecular formula is C21H24F3NO. The van der Waals surface area contributed by atoms with Crippen LogP contribution < -0.4 is 5.32 Å². The zero-order chi connectivity index (χ0) is 18.8. The fraction of sp³-hybridized carbons (Fsp3) is 0.429. The second-order valence-electron chi connectivity index (χ2n) is 6.95. The molecule has 2 aliphatic heterocycles. The Labute approximate surface area is 152 Å². The summed E-state index contributed by atoms with van der Waals surface area (Å²) < 4.78 is 47.5. The molecule has 3 unspecified atom stereocenters. The second-order valence-corrected chi connectivity index (χ2v) is 6.95. The van der Waals surface area contributed by atoms with E-state index in [2.05, 4.69) is 11.9 Å². The third-order valence-electron chi connectivity index (χ3n) is 5.27. The Kier molecular flexibility index (Phi) is 5.56. The van der Waals surface area contributed by atoms with Gasteiger partial charge in [-0.25, -0.2) is 13.2 Å². The molecule has 1 saturated heterocycles. The van der Waals surface area contributed by atoms with Crippen molar-refractivity contribution in [3.8, 4) is 0 Å². The minimum absolute atomic E-state index is 0.0327. The summed E-state index contributed by atoms with van der Waals surface area (Å²) in [6.07, 6.45) is 6.16. The largest absolute Gasteiger partial charge is 0.378 e. The highest BCUT2D eigenvalue weighted by atomic mass is 19.2. The Morgan fingerprint density at radius 2 is 2.00 bits per heavy atom. The molecule has 0 bridgehead atoms. The summed E-state index contributed by atoms with van der Waals surface area (Å²) in [5.41, 5.74) is 2.96. The van der Waals surface area contributed by atoms with Gasteiger partial charge < -0.3 is 10.1 Å². The summed E-state index contributed by atoms with van der Waals surface area (Å²) in [7, 11) is 0. The zero-order valence-corrected chi connectivity index (χ0v) is 15.1. The maximum atomic E-state index is 14.4. The average molecular weight is 363 g/mol. The van der Waals surface area contributed by atoms with E-state index in [9.17, 15) is 13.2 Å². The Hall–Kier alpha value is -2.01. The lowest BCUT2D eigenvalue weighted by Gasteiger charge is -2.43. The van der Waals surface area contributed by atoms with E-state index in [4.69, 9.17) is 4.74 Å². The van der Waals surface area contributed by atoms with Crippen LogP contribution in [0.5, 0.6) is 0 Å². The van der Waals surface area contributed by atoms with Crippen LogP contribution in [0.3, 0.4) is 0 Å². The number of fused-ring (bicyclic) bond motifs is 1. The minimum atomic E-state index is -1.18. The van der Waals surface area contributed by atoms with E-state index in [0.29, 0.717) is 12.7 Å².